The number of ether oxygens (including phenoxy) is 1. The van der Waals surface area contributed by atoms with Gasteiger partial charge >= 0.3 is 6.36 Å². The zero-order valence-corrected chi connectivity index (χ0v) is 15.3. The average molecular weight is 364 g/mol. The van der Waals surface area contributed by atoms with E-state index < -0.39 is 6.36 Å². The Kier molecular flexibility index (Phi) is 6.10. The summed E-state index contributed by atoms with van der Waals surface area (Å²) in [7, 11) is 0. The lowest BCUT2D eigenvalue weighted by Crippen LogP contribution is -2.17. The molecule has 2 aromatic rings. The molecule has 1 nitrogen and oxygen atoms in total. The highest BCUT2D eigenvalue weighted by molar-refractivity contribution is 5.84. The molecule has 142 valence electrons. The van der Waals surface area contributed by atoms with E-state index >= 15 is 0 Å². The highest BCUT2D eigenvalue weighted by Crippen LogP contribution is 2.39. The Hall–Kier alpha value is -1.71. The largest absolute Gasteiger partial charge is 0.573 e. The molecule has 0 radical (unpaired) electrons. The third kappa shape index (κ3) is 5.15. The van der Waals surface area contributed by atoms with Gasteiger partial charge in [0.25, 0.3) is 0 Å². The molecule has 0 N–H and O–H groups in total. The summed E-state index contributed by atoms with van der Waals surface area (Å²) in [6, 6.07) is 10.7. The molecule has 0 amide bonds. The standard InChI is InChI=1S/C22H27F3O/c1-2-3-4-5-16-6-8-17(9-7-16)18-10-11-20-15-21(26-22(23,24)25)13-12-19(20)14-18/h10-17H,2-9H2,1H3/t16-,17-. The van der Waals surface area contributed by atoms with E-state index in [-0.39, 0.29) is 5.75 Å². The second-order valence-corrected chi connectivity index (χ2v) is 7.53. The first-order chi connectivity index (χ1) is 12.4. The van der Waals surface area contributed by atoms with Crippen LogP contribution in [0.15, 0.2) is 36.4 Å². The molecule has 0 aromatic heterocycles. The van der Waals surface area contributed by atoms with Crippen molar-refractivity contribution >= 4 is 10.8 Å². The van der Waals surface area contributed by atoms with E-state index in [0.717, 1.165) is 16.7 Å². The monoisotopic (exact) mass is 364 g/mol. The van der Waals surface area contributed by atoms with Crippen LogP contribution in [0.2, 0.25) is 0 Å². The Labute approximate surface area is 153 Å². The van der Waals surface area contributed by atoms with Gasteiger partial charge in [-0.3, -0.25) is 0 Å². The maximum atomic E-state index is 12.4. The van der Waals surface area contributed by atoms with Gasteiger partial charge in [-0.1, -0.05) is 56.9 Å². The summed E-state index contributed by atoms with van der Waals surface area (Å²) in [5, 5.41) is 1.76. The lowest BCUT2D eigenvalue weighted by molar-refractivity contribution is -0.274. The minimum Gasteiger partial charge on any atom is -0.406 e. The molecule has 0 atom stereocenters. The van der Waals surface area contributed by atoms with Crippen LogP contribution in [-0.4, -0.2) is 6.36 Å². The van der Waals surface area contributed by atoms with Crippen molar-refractivity contribution in [3.05, 3.63) is 42.0 Å². The number of alkyl halides is 3. The highest BCUT2D eigenvalue weighted by Gasteiger charge is 2.31. The zero-order chi connectivity index (χ0) is 18.6. The summed E-state index contributed by atoms with van der Waals surface area (Å²) in [4.78, 5) is 0. The molecule has 0 unspecified atom stereocenters. The van der Waals surface area contributed by atoms with Crippen LogP contribution in [0.4, 0.5) is 13.2 Å². The zero-order valence-electron chi connectivity index (χ0n) is 15.3. The van der Waals surface area contributed by atoms with Crippen molar-refractivity contribution in [2.45, 2.75) is 70.6 Å². The maximum Gasteiger partial charge on any atom is 0.573 e. The van der Waals surface area contributed by atoms with Crippen LogP contribution in [0.25, 0.3) is 10.8 Å². The second-order valence-electron chi connectivity index (χ2n) is 7.53. The van der Waals surface area contributed by atoms with Gasteiger partial charge in [-0.15, -0.1) is 13.2 Å². The summed E-state index contributed by atoms with van der Waals surface area (Å²) in [5.41, 5.74) is 1.31. The van der Waals surface area contributed by atoms with Gasteiger partial charge in [0.15, 0.2) is 0 Å². The summed E-state index contributed by atoms with van der Waals surface area (Å²) in [6.45, 7) is 2.24. The fourth-order valence-electron chi connectivity index (χ4n) is 4.16. The Morgan fingerprint density at radius 3 is 2.31 bits per heavy atom. The summed E-state index contributed by atoms with van der Waals surface area (Å²) >= 11 is 0. The molecule has 1 aliphatic rings. The van der Waals surface area contributed by atoms with Crippen LogP contribution in [0, 0.1) is 5.92 Å². The van der Waals surface area contributed by atoms with E-state index in [0.29, 0.717) is 5.92 Å². The van der Waals surface area contributed by atoms with Crippen molar-refractivity contribution in [2.24, 2.45) is 5.92 Å². The first-order valence-electron chi connectivity index (χ1n) is 9.74. The molecule has 3 rings (SSSR count). The van der Waals surface area contributed by atoms with Crippen LogP contribution in [0.5, 0.6) is 5.75 Å². The smallest absolute Gasteiger partial charge is 0.406 e. The van der Waals surface area contributed by atoms with Crippen molar-refractivity contribution in [1.29, 1.82) is 0 Å². The van der Waals surface area contributed by atoms with Gasteiger partial charge in [0, 0.05) is 0 Å². The molecular formula is C22H27F3O. The van der Waals surface area contributed by atoms with Crippen molar-refractivity contribution in [2.75, 3.05) is 0 Å². The summed E-state index contributed by atoms with van der Waals surface area (Å²) in [6.07, 6.45) is 5.71. The molecule has 0 heterocycles. The van der Waals surface area contributed by atoms with Gasteiger partial charge in [-0.2, -0.15) is 0 Å². The number of fused-ring (bicyclic) bond motifs is 1. The van der Waals surface area contributed by atoms with Crippen LogP contribution in [0.1, 0.15) is 69.8 Å². The van der Waals surface area contributed by atoms with E-state index in [4.69, 9.17) is 0 Å². The van der Waals surface area contributed by atoms with Gasteiger partial charge in [0.05, 0.1) is 0 Å². The molecule has 26 heavy (non-hydrogen) atoms. The van der Waals surface area contributed by atoms with Crippen molar-refractivity contribution in [1.82, 2.24) is 0 Å². The average Bonchev–Trinajstić information content (AvgIpc) is 2.61. The number of hydrogen-bond donors (Lipinski definition) is 0. The number of benzene rings is 2. The Balaban J connectivity index is 1.63. The van der Waals surface area contributed by atoms with Gasteiger partial charge < -0.3 is 4.74 Å². The molecular weight excluding hydrogens is 337 g/mol. The third-order valence-electron chi connectivity index (χ3n) is 5.60. The van der Waals surface area contributed by atoms with Crippen LogP contribution < -0.4 is 4.74 Å². The number of rotatable bonds is 6. The third-order valence-corrected chi connectivity index (χ3v) is 5.60. The minimum atomic E-state index is -4.65. The summed E-state index contributed by atoms with van der Waals surface area (Å²) < 4.78 is 41.1. The van der Waals surface area contributed by atoms with Crippen molar-refractivity contribution in [3.8, 4) is 5.75 Å². The van der Waals surface area contributed by atoms with Crippen molar-refractivity contribution < 1.29 is 17.9 Å². The molecule has 1 saturated carbocycles. The van der Waals surface area contributed by atoms with Crippen LogP contribution in [-0.2, 0) is 0 Å². The van der Waals surface area contributed by atoms with Gasteiger partial charge in [-0.05, 0) is 66.0 Å². The number of halogens is 3. The predicted molar refractivity (Wildman–Crippen MR) is 99.5 cm³/mol. The normalized spacial score (nSPS) is 21.1. The lowest BCUT2D eigenvalue weighted by Gasteiger charge is -2.29. The molecule has 2 aromatic carbocycles. The van der Waals surface area contributed by atoms with Crippen LogP contribution >= 0.6 is 0 Å². The first-order valence-corrected chi connectivity index (χ1v) is 9.74. The molecule has 0 aliphatic heterocycles. The Morgan fingerprint density at radius 1 is 0.923 bits per heavy atom. The summed E-state index contributed by atoms with van der Waals surface area (Å²) in [5.74, 6) is 1.29. The topological polar surface area (TPSA) is 9.23 Å². The Morgan fingerprint density at radius 2 is 1.62 bits per heavy atom. The van der Waals surface area contributed by atoms with E-state index in [1.54, 1.807) is 6.07 Å². The van der Waals surface area contributed by atoms with Crippen molar-refractivity contribution in [3.63, 3.8) is 0 Å². The second kappa shape index (κ2) is 8.32. The van der Waals surface area contributed by atoms with Crippen LogP contribution in [0.3, 0.4) is 0 Å². The van der Waals surface area contributed by atoms with Gasteiger partial charge in [0.1, 0.15) is 5.75 Å². The van der Waals surface area contributed by atoms with E-state index in [2.05, 4.69) is 23.8 Å². The molecule has 1 fully saturated rings. The fourth-order valence-corrected chi connectivity index (χ4v) is 4.16. The first kappa shape index (κ1) is 19.1. The lowest BCUT2D eigenvalue weighted by atomic mass is 9.77. The number of unbranched alkanes of at least 4 members (excludes halogenated alkanes) is 2. The number of hydrogen-bond acceptors (Lipinski definition) is 1. The fraction of sp³-hybridized carbons (Fsp3) is 0.545. The Bertz CT molecular complexity index is 715. The predicted octanol–water partition coefficient (Wildman–Crippen LogP) is 7.59. The van der Waals surface area contributed by atoms with Gasteiger partial charge in [0.2, 0.25) is 0 Å². The van der Waals surface area contributed by atoms with E-state index in [9.17, 15) is 13.2 Å². The molecule has 4 heteroatoms. The molecule has 0 spiro atoms. The van der Waals surface area contributed by atoms with E-state index in [1.165, 1.54) is 69.1 Å². The quantitative estimate of drug-likeness (QED) is 0.480. The molecule has 0 saturated heterocycles. The van der Waals surface area contributed by atoms with E-state index in [1.807, 2.05) is 6.07 Å². The highest BCUT2D eigenvalue weighted by atomic mass is 19.4. The molecule has 1 aliphatic carbocycles. The molecule has 0 bridgehead atoms. The minimum absolute atomic E-state index is 0.162. The van der Waals surface area contributed by atoms with Gasteiger partial charge in [-0.25, -0.2) is 0 Å². The SMILES string of the molecule is CCCCC[C@H]1CC[C@H](c2ccc3cc(OC(F)(F)F)ccc3c2)CC1. The maximum absolute atomic E-state index is 12.4.